The number of nitriles is 1. The van der Waals surface area contributed by atoms with Gasteiger partial charge in [0.2, 0.25) is 0 Å². The third-order valence-electron chi connectivity index (χ3n) is 7.50. The predicted molar refractivity (Wildman–Crippen MR) is 147 cm³/mol. The lowest BCUT2D eigenvalue weighted by Crippen LogP contribution is -2.45. The Balaban J connectivity index is 1.42. The summed E-state index contributed by atoms with van der Waals surface area (Å²) >= 11 is 1.36. The first-order valence-electron chi connectivity index (χ1n) is 13.0. The lowest BCUT2D eigenvalue weighted by atomic mass is 10.00. The number of nitrogens with two attached hydrogens (primary N) is 1. The molecule has 3 N–H and O–H groups in total. The normalized spacial score (nSPS) is 21.7. The second kappa shape index (κ2) is 10.5. The molecule has 0 spiro atoms. The molecule has 0 bridgehead atoms. The van der Waals surface area contributed by atoms with Gasteiger partial charge in [0.15, 0.2) is 0 Å². The number of aromatic nitrogens is 2. The topological polar surface area (TPSA) is 117 Å². The van der Waals surface area contributed by atoms with E-state index in [1.807, 2.05) is 36.5 Å². The summed E-state index contributed by atoms with van der Waals surface area (Å²) < 4.78 is 22.0. The van der Waals surface area contributed by atoms with Gasteiger partial charge in [0.1, 0.15) is 17.9 Å². The van der Waals surface area contributed by atoms with E-state index in [4.69, 9.17) is 10.5 Å². The molecule has 200 valence electrons. The molecule has 8 nitrogen and oxygen atoms in total. The molecule has 10 heteroatoms. The third kappa shape index (κ3) is 4.94. The molecule has 2 aliphatic heterocycles. The highest BCUT2D eigenvalue weighted by atomic mass is 32.1. The number of rotatable bonds is 4. The maximum absolute atomic E-state index is 14.6. The molecule has 2 aromatic carbocycles. The molecule has 3 atom stereocenters. The molecule has 4 heterocycles. The summed E-state index contributed by atoms with van der Waals surface area (Å²) in [5, 5.41) is 25.2. The van der Waals surface area contributed by atoms with Crippen LogP contribution in [0.2, 0.25) is 0 Å². The first kappa shape index (κ1) is 25.6. The second-order valence-electron chi connectivity index (χ2n) is 10.2. The van der Waals surface area contributed by atoms with Crippen molar-refractivity contribution < 1.29 is 19.0 Å². The Morgan fingerprint density at radius 3 is 2.82 bits per heavy atom. The fourth-order valence-corrected chi connectivity index (χ4v) is 6.51. The number of carbonyl (C=O) groups is 1. The van der Waals surface area contributed by atoms with E-state index in [0.717, 1.165) is 39.7 Å². The number of aliphatic hydroxyl groups excluding tert-OH is 1. The number of likely N-dealkylation sites (tertiary alicyclic amines) is 1. The zero-order valence-corrected chi connectivity index (χ0v) is 22.0. The standard InChI is InChI=1S/C29H28FN5O3S/c30-23-11-17(3-4-19(23)13-31)22-12-27(29(37)34-8-1-2-21(32)15-34)39-28(22)18-5-6-24-20(10-18)14-35(33-24)25-16-38-9-7-26(25)36/h3-6,10-12,14,21,25-26,36H,1-2,7-9,15-16,32H2. The van der Waals surface area contributed by atoms with Gasteiger partial charge in [-0.1, -0.05) is 12.1 Å². The highest BCUT2D eigenvalue weighted by Gasteiger charge is 2.28. The lowest BCUT2D eigenvalue weighted by molar-refractivity contribution is -0.0327. The van der Waals surface area contributed by atoms with Crippen LogP contribution < -0.4 is 5.73 Å². The summed E-state index contributed by atoms with van der Waals surface area (Å²) in [6, 6.07) is 13.7. The number of fused-ring (bicyclic) bond motifs is 1. The highest BCUT2D eigenvalue weighted by molar-refractivity contribution is 7.18. The number of nitrogens with zero attached hydrogens (tertiary/aromatic N) is 4. The predicted octanol–water partition coefficient (Wildman–Crippen LogP) is 4.33. The average Bonchev–Trinajstić information content (AvgIpc) is 3.57. The van der Waals surface area contributed by atoms with Crippen LogP contribution in [0.1, 0.15) is 40.5 Å². The van der Waals surface area contributed by atoms with E-state index in [9.17, 15) is 19.6 Å². The van der Waals surface area contributed by atoms with E-state index in [-0.39, 0.29) is 23.6 Å². The molecule has 0 radical (unpaired) electrons. The van der Waals surface area contributed by atoms with Gasteiger partial charge in [-0.25, -0.2) is 4.39 Å². The first-order chi connectivity index (χ1) is 18.9. The number of piperidine rings is 1. The smallest absolute Gasteiger partial charge is 0.264 e. The van der Waals surface area contributed by atoms with Crippen LogP contribution in [-0.2, 0) is 4.74 Å². The first-order valence-corrected chi connectivity index (χ1v) is 13.9. The lowest BCUT2D eigenvalue weighted by Gasteiger charge is -2.30. The van der Waals surface area contributed by atoms with Crippen LogP contribution in [-0.4, -0.2) is 64.1 Å². The summed E-state index contributed by atoms with van der Waals surface area (Å²) in [6.45, 7) is 2.09. The van der Waals surface area contributed by atoms with E-state index in [1.165, 1.54) is 23.5 Å². The number of ether oxygens (including phenoxy) is 1. The van der Waals surface area contributed by atoms with Gasteiger partial charge in [0, 0.05) is 47.8 Å². The zero-order valence-electron chi connectivity index (χ0n) is 21.2. The van der Waals surface area contributed by atoms with Gasteiger partial charge in [0.05, 0.1) is 28.7 Å². The molecular formula is C29H28FN5O3S. The monoisotopic (exact) mass is 545 g/mol. The largest absolute Gasteiger partial charge is 0.391 e. The third-order valence-corrected chi connectivity index (χ3v) is 8.68. The van der Waals surface area contributed by atoms with Crippen molar-refractivity contribution in [3.05, 3.63) is 64.9 Å². The Morgan fingerprint density at radius 2 is 2.05 bits per heavy atom. The average molecular weight is 546 g/mol. The number of halogens is 1. The molecule has 2 fully saturated rings. The van der Waals surface area contributed by atoms with E-state index >= 15 is 0 Å². The minimum atomic E-state index is -0.605. The second-order valence-corrected chi connectivity index (χ2v) is 11.2. The van der Waals surface area contributed by atoms with Gasteiger partial charge in [-0.15, -0.1) is 11.3 Å². The quantitative estimate of drug-likeness (QED) is 0.394. The van der Waals surface area contributed by atoms with Crippen molar-refractivity contribution in [3.63, 3.8) is 0 Å². The van der Waals surface area contributed by atoms with Crippen LogP contribution in [0.4, 0.5) is 4.39 Å². The summed E-state index contributed by atoms with van der Waals surface area (Å²) in [5.41, 5.74) is 9.04. The molecule has 3 unspecified atom stereocenters. The Kier molecular flexibility index (Phi) is 6.91. The van der Waals surface area contributed by atoms with E-state index in [1.54, 1.807) is 15.6 Å². The van der Waals surface area contributed by atoms with Gasteiger partial charge >= 0.3 is 0 Å². The van der Waals surface area contributed by atoms with Crippen LogP contribution >= 0.6 is 11.3 Å². The van der Waals surface area contributed by atoms with Gasteiger partial charge in [-0.3, -0.25) is 9.48 Å². The SMILES string of the molecule is N#Cc1ccc(-c2cc(C(=O)N3CCCC(N)C3)sc2-c2ccc3nn(C4COCCC4O)cc3c2)cc1F. The summed E-state index contributed by atoms with van der Waals surface area (Å²) in [4.78, 5) is 16.6. The Bertz CT molecular complexity index is 1590. The Hall–Kier alpha value is -3.62. The number of carbonyl (C=O) groups excluding carboxylic acids is 1. The van der Waals surface area contributed by atoms with Crippen LogP contribution in [0.15, 0.2) is 48.7 Å². The highest BCUT2D eigenvalue weighted by Crippen LogP contribution is 2.41. The van der Waals surface area contributed by atoms with Gasteiger partial charge in [-0.2, -0.15) is 10.4 Å². The number of hydrogen-bond acceptors (Lipinski definition) is 7. The Labute approximate surface area is 229 Å². The molecule has 6 rings (SSSR count). The van der Waals surface area contributed by atoms with Crippen molar-refractivity contribution in [2.75, 3.05) is 26.3 Å². The van der Waals surface area contributed by atoms with Gasteiger partial charge < -0.3 is 20.5 Å². The molecule has 2 saturated heterocycles. The van der Waals surface area contributed by atoms with Crippen molar-refractivity contribution in [1.82, 2.24) is 14.7 Å². The van der Waals surface area contributed by atoms with E-state index < -0.39 is 11.9 Å². The number of hydrogen-bond donors (Lipinski definition) is 2. The number of amides is 1. The molecular weight excluding hydrogens is 517 g/mol. The van der Waals surface area contributed by atoms with E-state index in [2.05, 4.69) is 5.10 Å². The summed E-state index contributed by atoms with van der Waals surface area (Å²) in [7, 11) is 0. The molecule has 0 saturated carbocycles. The maximum atomic E-state index is 14.6. The maximum Gasteiger partial charge on any atom is 0.264 e. The number of thiophene rings is 1. The van der Waals surface area contributed by atoms with Crippen LogP contribution in [0.5, 0.6) is 0 Å². The van der Waals surface area contributed by atoms with Gasteiger partial charge in [-0.05, 0) is 60.7 Å². The minimum Gasteiger partial charge on any atom is -0.391 e. The summed E-state index contributed by atoms with van der Waals surface area (Å²) in [6.07, 6.45) is 3.69. The fraction of sp³-hybridized carbons (Fsp3) is 0.345. The van der Waals surface area contributed by atoms with Crippen LogP contribution in [0.25, 0.3) is 32.5 Å². The Morgan fingerprint density at radius 1 is 1.21 bits per heavy atom. The molecule has 2 aromatic heterocycles. The van der Waals surface area contributed by atoms with Crippen molar-refractivity contribution >= 4 is 28.1 Å². The zero-order chi connectivity index (χ0) is 27.1. The van der Waals surface area contributed by atoms with Crippen molar-refractivity contribution in [1.29, 1.82) is 5.26 Å². The minimum absolute atomic E-state index is 0.0307. The van der Waals surface area contributed by atoms with Crippen molar-refractivity contribution in [3.8, 4) is 27.6 Å². The van der Waals surface area contributed by atoms with E-state index in [0.29, 0.717) is 43.2 Å². The van der Waals surface area contributed by atoms with Crippen LogP contribution in [0.3, 0.4) is 0 Å². The number of aliphatic hydroxyl groups is 1. The van der Waals surface area contributed by atoms with Crippen LogP contribution in [0, 0.1) is 17.1 Å². The van der Waals surface area contributed by atoms with Crippen molar-refractivity contribution in [2.45, 2.75) is 37.5 Å². The molecule has 2 aliphatic rings. The summed E-state index contributed by atoms with van der Waals surface area (Å²) in [5.74, 6) is -0.691. The fourth-order valence-electron chi connectivity index (χ4n) is 5.37. The number of benzene rings is 2. The van der Waals surface area contributed by atoms with Crippen molar-refractivity contribution in [2.24, 2.45) is 5.73 Å². The molecule has 39 heavy (non-hydrogen) atoms. The molecule has 0 aliphatic carbocycles. The van der Waals surface area contributed by atoms with Gasteiger partial charge in [0.25, 0.3) is 5.91 Å². The molecule has 4 aromatic rings. The molecule has 1 amide bonds.